The van der Waals surface area contributed by atoms with Crippen LogP contribution in [0.2, 0.25) is 5.02 Å². The van der Waals surface area contributed by atoms with E-state index in [0.717, 1.165) is 11.0 Å². The molecule has 2 bridgehead atoms. The van der Waals surface area contributed by atoms with E-state index in [1.54, 1.807) is 0 Å². The second-order valence-electron chi connectivity index (χ2n) is 8.30. The molecule has 4 aliphatic rings. The lowest BCUT2D eigenvalue weighted by atomic mass is 9.72. The number of imide groups is 1. The van der Waals surface area contributed by atoms with E-state index >= 15 is 0 Å². The number of rotatable bonds is 5. The summed E-state index contributed by atoms with van der Waals surface area (Å²) >= 11 is 5.86. The summed E-state index contributed by atoms with van der Waals surface area (Å²) in [6.45, 7) is 0.00867. The predicted molar refractivity (Wildman–Crippen MR) is 101 cm³/mol. The van der Waals surface area contributed by atoms with Crippen molar-refractivity contribution >= 4 is 40.9 Å². The van der Waals surface area contributed by atoms with Gasteiger partial charge in [-0.1, -0.05) is 16.8 Å². The molecule has 2 aliphatic heterocycles. The van der Waals surface area contributed by atoms with Crippen LogP contribution in [0.25, 0.3) is 0 Å². The number of fused-ring (bicyclic) bond motifs is 8. The molecule has 2 aliphatic carbocycles. The topological polar surface area (TPSA) is 121 Å². The van der Waals surface area contributed by atoms with Crippen LogP contribution in [0, 0.1) is 29.6 Å². The molecule has 1 saturated heterocycles. The lowest BCUT2D eigenvalue weighted by Crippen LogP contribution is -2.42. The van der Waals surface area contributed by atoms with Gasteiger partial charge in [-0.05, 0) is 18.4 Å². The zero-order chi connectivity index (χ0) is 22.9. The highest BCUT2D eigenvalue weighted by atomic mass is 35.5. The number of anilines is 1. The van der Waals surface area contributed by atoms with Crippen molar-refractivity contribution in [3.63, 3.8) is 0 Å². The third-order valence-corrected chi connectivity index (χ3v) is 7.09. The Labute approximate surface area is 183 Å². The fraction of sp³-hybridized carbons (Fsp3) is 0.526. The Morgan fingerprint density at radius 2 is 1.94 bits per heavy atom. The van der Waals surface area contributed by atoms with Crippen LogP contribution in [0.4, 0.5) is 19.0 Å². The second-order valence-corrected chi connectivity index (χ2v) is 8.71. The molecule has 1 aromatic rings. The minimum Gasteiger partial charge on any atom is -0.477 e. The molecule has 0 aromatic carbocycles. The molecule has 0 unspecified atom stereocenters. The van der Waals surface area contributed by atoms with Crippen LogP contribution in [0.3, 0.4) is 0 Å². The third-order valence-electron chi connectivity index (χ3n) is 6.80. The Morgan fingerprint density at radius 1 is 1.25 bits per heavy atom. The Hall–Kier alpha value is -2.89. The van der Waals surface area contributed by atoms with E-state index < -0.39 is 41.6 Å². The fourth-order valence-electron chi connectivity index (χ4n) is 5.59. The average molecular weight is 473 g/mol. The number of nitrogens with one attached hydrogen (secondary N) is 1. The van der Waals surface area contributed by atoms with E-state index in [1.165, 1.54) is 0 Å². The number of carboxylic acids is 1. The molecule has 2 saturated carbocycles. The zero-order valence-electron chi connectivity index (χ0n) is 16.2. The minimum atomic E-state index is -4.58. The average Bonchev–Trinajstić information content (AvgIpc) is 3.44. The standard InChI is InChI=1S/C19H16ClF3N4O5/c20-9-3-6(19(21,22)23)5-25-15(9)24-1-2-27-16(28)10-7-4-8(11(10)17(27)29)14-12(7)13(18(30)31)26-32-14/h3,5,7-8,10-12,14H,1-2,4H2,(H,24,25)(H,30,31)/t7-,8+,10-,11-,12-,14+/m0/s1. The second kappa shape index (κ2) is 7.06. The number of aromatic nitrogens is 1. The van der Waals surface area contributed by atoms with Gasteiger partial charge in [-0.2, -0.15) is 13.2 Å². The van der Waals surface area contributed by atoms with E-state index in [1.807, 2.05) is 0 Å². The molecule has 1 aromatic heterocycles. The Morgan fingerprint density at radius 3 is 2.56 bits per heavy atom. The monoisotopic (exact) mass is 472 g/mol. The maximum absolute atomic E-state index is 13.0. The Kier molecular flexibility index (Phi) is 4.63. The van der Waals surface area contributed by atoms with Crippen molar-refractivity contribution in [1.82, 2.24) is 9.88 Å². The maximum Gasteiger partial charge on any atom is 0.417 e. The molecule has 170 valence electrons. The number of amides is 2. The van der Waals surface area contributed by atoms with Gasteiger partial charge in [0, 0.05) is 25.2 Å². The van der Waals surface area contributed by atoms with E-state index in [4.69, 9.17) is 16.4 Å². The summed E-state index contributed by atoms with van der Waals surface area (Å²) in [6, 6.07) is 0.742. The summed E-state index contributed by atoms with van der Waals surface area (Å²) < 4.78 is 38.2. The van der Waals surface area contributed by atoms with Gasteiger partial charge in [0.2, 0.25) is 11.8 Å². The summed E-state index contributed by atoms with van der Waals surface area (Å²) in [5.41, 5.74) is -1.09. The first-order valence-corrected chi connectivity index (χ1v) is 10.3. The Bertz CT molecular complexity index is 1060. The number of alkyl halides is 3. The van der Waals surface area contributed by atoms with Crippen molar-refractivity contribution in [3.8, 4) is 0 Å². The number of nitrogens with zero attached hydrogens (tertiary/aromatic N) is 3. The highest BCUT2D eigenvalue weighted by Gasteiger charge is 2.70. The number of hydrogen-bond acceptors (Lipinski definition) is 7. The van der Waals surface area contributed by atoms with Crippen LogP contribution in [0.5, 0.6) is 0 Å². The Balaban J connectivity index is 1.26. The van der Waals surface area contributed by atoms with Gasteiger partial charge < -0.3 is 15.3 Å². The van der Waals surface area contributed by atoms with Gasteiger partial charge in [0.05, 0.1) is 28.3 Å². The van der Waals surface area contributed by atoms with Crippen LogP contribution < -0.4 is 5.32 Å². The van der Waals surface area contributed by atoms with Crippen LogP contribution >= 0.6 is 11.6 Å². The summed E-state index contributed by atoms with van der Waals surface area (Å²) in [5, 5.41) is 15.5. The molecule has 3 heterocycles. The van der Waals surface area contributed by atoms with Gasteiger partial charge >= 0.3 is 12.1 Å². The molecule has 2 N–H and O–H groups in total. The summed E-state index contributed by atoms with van der Waals surface area (Å²) in [5.74, 6) is -4.24. The highest BCUT2D eigenvalue weighted by Crippen LogP contribution is 2.61. The van der Waals surface area contributed by atoms with Gasteiger partial charge in [-0.15, -0.1) is 0 Å². The fourth-order valence-corrected chi connectivity index (χ4v) is 5.83. The normalized spacial score (nSPS) is 32.6. The molecule has 9 nitrogen and oxygen atoms in total. The number of aliphatic carboxylic acids is 1. The minimum absolute atomic E-state index is 0.00395. The molecule has 13 heteroatoms. The molecule has 2 amide bonds. The van der Waals surface area contributed by atoms with Gasteiger partial charge in [-0.3, -0.25) is 14.5 Å². The molecular weight excluding hydrogens is 457 g/mol. The molecule has 3 fully saturated rings. The van der Waals surface area contributed by atoms with E-state index in [-0.39, 0.29) is 53.3 Å². The molecule has 5 rings (SSSR count). The largest absolute Gasteiger partial charge is 0.477 e. The van der Waals surface area contributed by atoms with E-state index in [9.17, 15) is 32.7 Å². The number of carbonyl (C=O) groups is 3. The number of likely N-dealkylation sites (tertiary alicyclic amines) is 1. The first-order chi connectivity index (χ1) is 15.1. The van der Waals surface area contributed by atoms with Crippen LogP contribution in [-0.2, 0) is 25.4 Å². The van der Waals surface area contributed by atoms with Crippen molar-refractivity contribution < 1.29 is 37.5 Å². The quantitative estimate of drug-likeness (QED) is 0.627. The smallest absolute Gasteiger partial charge is 0.417 e. The first kappa shape index (κ1) is 21.0. The van der Waals surface area contributed by atoms with Gasteiger partial charge in [0.1, 0.15) is 11.9 Å². The number of pyridine rings is 1. The molecule has 32 heavy (non-hydrogen) atoms. The van der Waals surface area contributed by atoms with Crippen LogP contribution in [-0.4, -0.2) is 57.7 Å². The number of hydrogen-bond donors (Lipinski definition) is 2. The van der Waals surface area contributed by atoms with E-state index in [0.29, 0.717) is 12.6 Å². The van der Waals surface area contributed by atoms with Gasteiger partial charge in [-0.25, -0.2) is 9.78 Å². The highest BCUT2D eigenvalue weighted by molar-refractivity contribution is 6.37. The number of carboxylic acid groups (broad SMARTS) is 1. The lowest BCUT2D eigenvalue weighted by molar-refractivity contribution is -0.141. The third kappa shape index (κ3) is 2.95. The van der Waals surface area contributed by atoms with Crippen molar-refractivity contribution in [2.45, 2.75) is 18.7 Å². The van der Waals surface area contributed by atoms with Crippen molar-refractivity contribution in [2.24, 2.45) is 34.7 Å². The summed E-state index contributed by atoms with van der Waals surface area (Å²) in [4.78, 5) is 47.5. The molecule has 0 radical (unpaired) electrons. The van der Waals surface area contributed by atoms with Gasteiger partial charge in [0.15, 0.2) is 5.71 Å². The number of halogens is 4. The summed E-state index contributed by atoms with van der Waals surface area (Å²) in [6.07, 6.45) is -3.92. The van der Waals surface area contributed by atoms with Crippen LogP contribution in [0.15, 0.2) is 17.4 Å². The molecule has 6 atom stereocenters. The van der Waals surface area contributed by atoms with Crippen LogP contribution in [0.1, 0.15) is 12.0 Å². The van der Waals surface area contributed by atoms with Crippen molar-refractivity contribution in [3.05, 3.63) is 22.8 Å². The first-order valence-electron chi connectivity index (χ1n) is 9.88. The maximum atomic E-state index is 13.0. The molecule has 0 spiro atoms. The summed E-state index contributed by atoms with van der Waals surface area (Å²) in [7, 11) is 0. The predicted octanol–water partition coefficient (Wildman–Crippen LogP) is 1.87. The SMILES string of the molecule is O=C(O)C1=NO[C@@H]2[C@@H]3C[C@H]([C@@H]12)[C@@H]1C(=O)N(CCNc2ncc(C(F)(F)F)cc2Cl)C(=O)[C@@H]31. The lowest BCUT2D eigenvalue weighted by Gasteiger charge is -2.29. The molecular formula is C19H16ClF3N4O5. The van der Waals surface area contributed by atoms with Gasteiger partial charge in [0.25, 0.3) is 0 Å². The zero-order valence-corrected chi connectivity index (χ0v) is 16.9. The van der Waals surface area contributed by atoms with Crippen molar-refractivity contribution in [2.75, 3.05) is 18.4 Å². The number of carbonyl (C=O) groups excluding carboxylic acids is 2. The van der Waals surface area contributed by atoms with E-state index in [2.05, 4.69) is 15.5 Å². The number of oxime groups is 1. The van der Waals surface area contributed by atoms with Crippen molar-refractivity contribution in [1.29, 1.82) is 0 Å².